The van der Waals surface area contributed by atoms with E-state index in [1.54, 1.807) is 18.2 Å². The number of halogens is 3. The minimum Gasteiger partial charge on any atom is -0.494 e. The summed E-state index contributed by atoms with van der Waals surface area (Å²) in [5, 5.41) is 9.35. The quantitative estimate of drug-likeness (QED) is 0.152. The molecule has 4 aromatic rings. The van der Waals surface area contributed by atoms with Gasteiger partial charge in [-0.3, -0.25) is 38.7 Å². The summed E-state index contributed by atoms with van der Waals surface area (Å²) < 4.78 is 46.3. The summed E-state index contributed by atoms with van der Waals surface area (Å²) in [6.45, 7) is 7.83. The Balaban J connectivity index is 0.000000698. The number of imidazole rings is 1. The summed E-state index contributed by atoms with van der Waals surface area (Å²) >= 11 is 0. The number of alkyl halides is 3. The molecule has 2 aromatic heterocycles. The number of anilines is 1. The van der Waals surface area contributed by atoms with Crippen LogP contribution < -0.4 is 15.0 Å². The van der Waals surface area contributed by atoms with Crippen molar-refractivity contribution in [2.24, 2.45) is 0 Å². The van der Waals surface area contributed by atoms with Crippen molar-refractivity contribution in [3.05, 3.63) is 65.9 Å². The number of fused-ring (bicyclic) bond motifs is 4. The van der Waals surface area contributed by atoms with Crippen LogP contribution >= 0.6 is 0 Å². The number of nitrogens with zero attached hydrogens (tertiary/aromatic N) is 7. The van der Waals surface area contributed by atoms with E-state index in [-0.39, 0.29) is 24.0 Å². The average Bonchev–Trinajstić information content (AvgIpc) is 3.73. The number of carboxylic acids is 1. The van der Waals surface area contributed by atoms with Crippen LogP contribution in [-0.2, 0) is 19.1 Å². The zero-order chi connectivity index (χ0) is 43.5. The number of carbonyl (C=O) groups excluding carboxylic acids is 4. The van der Waals surface area contributed by atoms with Crippen molar-refractivity contribution < 1.29 is 51.7 Å². The van der Waals surface area contributed by atoms with Crippen LogP contribution in [0.1, 0.15) is 78.5 Å². The molecule has 1 unspecified atom stereocenters. The predicted molar refractivity (Wildman–Crippen MR) is 218 cm³/mol. The van der Waals surface area contributed by atoms with Gasteiger partial charge in [-0.25, -0.2) is 9.78 Å². The SMILES string of the molecule is O=C(O)C(F)(F)F.O=C1CCC(N2C(=O)c3ccc(OCCCCCN4CCC(OC5CN(C6CCN(c7ccn8c(n7)nc7ccccc78)CC6)C5)CC4)cc3C2=O)C(=O)N1. The number of aliphatic carboxylic acids is 1. The number of ether oxygens (including phenoxy) is 2. The molecule has 0 spiro atoms. The molecular weight excluding hydrogens is 814 g/mol. The molecule has 1 atom stereocenters. The lowest BCUT2D eigenvalue weighted by Crippen LogP contribution is -2.59. The molecule has 16 nitrogen and oxygen atoms in total. The number of rotatable bonds is 12. The Morgan fingerprint density at radius 2 is 1.56 bits per heavy atom. The third-order valence-corrected chi connectivity index (χ3v) is 12.3. The fourth-order valence-electron chi connectivity index (χ4n) is 8.91. The summed E-state index contributed by atoms with van der Waals surface area (Å²) in [4.78, 5) is 76.9. The number of carboxylic acid groups (broad SMARTS) is 1. The Hall–Kier alpha value is -5.66. The monoisotopic (exact) mass is 862 g/mol. The molecule has 4 amide bonds. The molecule has 7 heterocycles. The standard InChI is InChI=1S/C41H48N8O6.C2HF3O2/c50-37-11-10-35(38(51)44-37)49-39(52)31-9-8-29(24-32(31)40(49)53)54-23-5-1-4-17-45-18-14-28(15-19-45)55-30-25-47(26-30)27-12-20-46(21-13-27)36-16-22-48-34-7-3-2-6-33(34)42-41(48)43-36;3-2(4,5)1(6)7/h2-3,6-9,16,22,24,27-28,30,35H,1,4-5,10-15,17-21,23,25-26H2,(H,44,50,51);(H,6,7). The second-order valence-electron chi connectivity index (χ2n) is 16.4. The minimum absolute atomic E-state index is 0.0930. The van der Waals surface area contributed by atoms with Gasteiger partial charge in [0, 0.05) is 57.9 Å². The Morgan fingerprint density at radius 3 is 2.29 bits per heavy atom. The number of imide groups is 2. The van der Waals surface area contributed by atoms with Crippen LogP contribution in [0.4, 0.5) is 19.0 Å². The Kier molecular flexibility index (Phi) is 12.7. The molecule has 0 radical (unpaired) electrons. The fourth-order valence-corrected chi connectivity index (χ4v) is 8.91. The molecule has 4 fully saturated rings. The van der Waals surface area contributed by atoms with Gasteiger partial charge in [0.1, 0.15) is 17.6 Å². The van der Waals surface area contributed by atoms with E-state index in [0.29, 0.717) is 30.6 Å². The first kappa shape index (κ1) is 43.0. The van der Waals surface area contributed by atoms with E-state index >= 15 is 0 Å². The van der Waals surface area contributed by atoms with Gasteiger partial charge < -0.3 is 24.4 Å². The average molecular weight is 863 g/mol. The topological polar surface area (TPSA) is 179 Å². The van der Waals surface area contributed by atoms with E-state index < -0.39 is 41.8 Å². The Morgan fingerprint density at radius 1 is 0.839 bits per heavy atom. The molecule has 5 aliphatic heterocycles. The second kappa shape index (κ2) is 18.4. The molecule has 0 aliphatic carbocycles. The van der Waals surface area contributed by atoms with Crippen molar-refractivity contribution in [1.82, 2.24) is 34.4 Å². The van der Waals surface area contributed by atoms with Gasteiger partial charge in [0.25, 0.3) is 11.8 Å². The van der Waals surface area contributed by atoms with Gasteiger partial charge in [0.05, 0.1) is 41.0 Å². The number of benzene rings is 2. The third kappa shape index (κ3) is 9.53. The zero-order valence-corrected chi connectivity index (χ0v) is 34.1. The maximum absolute atomic E-state index is 13.1. The van der Waals surface area contributed by atoms with Crippen molar-refractivity contribution in [3.8, 4) is 5.75 Å². The van der Waals surface area contributed by atoms with Crippen molar-refractivity contribution >= 4 is 52.2 Å². The normalized spacial score (nSPS) is 20.9. The number of likely N-dealkylation sites (tertiary alicyclic amines) is 2. The van der Waals surface area contributed by atoms with Crippen LogP contribution in [0.3, 0.4) is 0 Å². The van der Waals surface area contributed by atoms with Crippen molar-refractivity contribution in [2.75, 3.05) is 57.3 Å². The molecular formula is C43H49F3N8O8. The van der Waals surface area contributed by atoms with E-state index in [1.165, 1.54) is 0 Å². The molecule has 62 heavy (non-hydrogen) atoms. The van der Waals surface area contributed by atoms with Crippen LogP contribution in [0.2, 0.25) is 0 Å². The van der Waals surface area contributed by atoms with Crippen molar-refractivity contribution in [1.29, 1.82) is 0 Å². The van der Waals surface area contributed by atoms with Crippen molar-refractivity contribution in [2.45, 2.75) is 88.3 Å². The van der Waals surface area contributed by atoms with E-state index in [1.807, 2.05) is 18.2 Å². The lowest BCUT2D eigenvalue weighted by molar-refractivity contribution is -0.192. The first-order chi connectivity index (χ1) is 29.8. The number of amides is 4. The number of carbonyl (C=O) groups is 5. The first-order valence-corrected chi connectivity index (χ1v) is 21.2. The van der Waals surface area contributed by atoms with Gasteiger partial charge in [-0.1, -0.05) is 12.1 Å². The number of aromatic nitrogens is 3. The van der Waals surface area contributed by atoms with Crippen molar-refractivity contribution in [3.63, 3.8) is 0 Å². The first-order valence-electron chi connectivity index (χ1n) is 21.2. The second-order valence-corrected chi connectivity index (χ2v) is 16.4. The number of piperidine rings is 3. The van der Waals surface area contributed by atoms with Gasteiger partial charge in [-0.15, -0.1) is 0 Å². The number of hydrogen-bond acceptors (Lipinski definition) is 12. The lowest BCUT2D eigenvalue weighted by Gasteiger charge is -2.48. The molecule has 5 aliphatic rings. The van der Waals surface area contributed by atoms with E-state index in [0.717, 1.165) is 118 Å². The predicted octanol–water partition coefficient (Wildman–Crippen LogP) is 4.30. The maximum Gasteiger partial charge on any atom is 0.490 e. The summed E-state index contributed by atoms with van der Waals surface area (Å²) in [5.74, 6) is -2.50. The Labute approximate surface area is 354 Å². The summed E-state index contributed by atoms with van der Waals surface area (Å²) in [5.41, 5.74) is 2.55. The molecule has 330 valence electrons. The molecule has 9 rings (SSSR count). The number of nitrogens with one attached hydrogen (secondary N) is 1. The molecule has 0 bridgehead atoms. The molecule has 4 saturated heterocycles. The van der Waals surface area contributed by atoms with Gasteiger partial charge in [-0.05, 0) is 94.3 Å². The number of para-hydroxylation sites is 2. The highest BCUT2D eigenvalue weighted by molar-refractivity contribution is 6.23. The highest BCUT2D eigenvalue weighted by Gasteiger charge is 2.45. The lowest BCUT2D eigenvalue weighted by atomic mass is 9.98. The molecule has 19 heteroatoms. The highest BCUT2D eigenvalue weighted by atomic mass is 19.4. The largest absolute Gasteiger partial charge is 0.494 e. The van der Waals surface area contributed by atoms with E-state index in [2.05, 4.69) is 42.7 Å². The molecule has 2 aromatic carbocycles. The van der Waals surface area contributed by atoms with Gasteiger partial charge in [0.2, 0.25) is 17.6 Å². The smallest absolute Gasteiger partial charge is 0.490 e. The van der Waals surface area contributed by atoms with E-state index in [9.17, 15) is 32.3 Å². The highest BCUT2D eigenvalue weighted by Crippen LogP contribution is 2.31. The van der Waals surface area contributed by atoms with E-state index in [4.69, 9.17) is 29.3 Å². The Bertz CT molecular complexity index is 2320. The molecule has 0 saturated carbocycles. The molecule has 2 N–H and O–H groups in total. The fraction of sp³-hybridized carbons (Fsp3) is 0.512. The maximum atomic E-state index is 13.1. The van der Waals surface area contributed by atoms with Crippen LogP contribution in [-0.4, -0.2) is 147 Å². The van der Waals surface area contributed by atoms with Gasteiger partial charge in [-0.2, -0.15) is 18.2 Å². The number of unbranched alkanes of at least 4 members (excludes halogenated alkanes) is 2. The zero-order valence-electron chi connectivity index (χ0n) is 34.1. The van der Waals surface area contributed by atoms with Crippen LogP contribution in [0.15, 0.2) is 54.7 Å². The summed E-state index contributed by atoms with van der Waals surface area (Å²) in [6.07, 6.45) is 5.41. The van der Waals surface area contributed by atoms with Gasteiger partial charge >= 0.3 is 12.1 Å². The van der Waals surface area contributed by atoms with Crippen LogP contribution in [0.25, 0.3) is 16.8 Å². The third-order valence-electron chi connectivity index (χ3n) is 12.3. The van der Waals surface area contributed by atoms with Crippen LogP contribution in [0.5, 0.6) is 5.75 Å². The minimum atomic E-state index is -5.08. The van der Waals surface area contributed by atoms with Crippen LogP contribution in [0, 0.1) is 0 Å². The summed E-state index contributed by atoms with van der Waals surface area (Å²) in [6, 6.07) is 14.8. The summed E-state index contributed by atoms with van der Waals surface area (Å²) in [7, 11) is 0. The van der Waals surface area contributed by atoms with Gasteiger partial charge in [0.15, 0.2) is 0 Å². The number of hydrogen-bond donors (Lipinski definition) is 2.